The Hall–Kier alpha value is -1.06. The first-order chi connectivity index (χ1) is 8.77. The first-order valence-corrected chi connectivity index (χ1v) is 6.81. The van der Waals surface area contributed by atoms with Crippen LogP contribution in [0, 0.1) is 6.92 Å². The van der Waals surface area contributed by atoms with Crippen molar-refractivity contribution in [2.24, 2.45) is 0 Å². The quantitative estimate of drug-likeness (QED) is 0.786. The average molecular weight is 249 g/mol. The molecule has 100 valence electrons. The van der Waals surface area contributed by atoms with E-state index < -0.39 is 0 Å². The molecule has 0 amide bonds. The molecule has 0 saturated carbocycles. The minimum atomic E-state index is 0.378. The molecule has 1 aromatic carbocycles. The Kier molecular flexibility index (Phi) is 5.02. The van der Waals surface area contributed by atoms with Crippen molar-refractivity contribution in [3.8, 4) is 5.75 Å². The van der Waals surface area contributed by atoms with Crippen LogP contribution in [0.25, 0.3) is 0 Å². The van der Waals surface area contributed by atoms with Crippen LogP contribution in [0.4, 0.5) is 0 Å². The second kappa shape index (κ2) is 6.76. The number of hydrogen-bond acceptors (Lipinski definition) is 3. The highest BCUT2D eigenvalue weighted by Gasteiger charge is 2.21. The molecule has 0 aromatic heterocycles. The van der Waals surface area contributed by atoms with E-state index in [0.717, 1.165) is 18.9 Å². The Morgan fingerprint density at radius 2 is 2.28 bits per heavy atom. The van der Waals surface area contributed by atoms with Crippen molar-refractivity contribution in [3.05, 3.63) is 29.8 Å². The molecule has 1 heterocycles. The van der Waals surface area contributed by atoms with Crippen molar-refractivity contribution >= 4 is 0 Å². The summed E-state index contributed by atoms with van der Waals surface area (Å²) in [7, 11) is 0. The summed E-state index contributed by atoms with van der Waals surface area (Å²) in [6, 6.07) is 8.52. The van der Waals surface area contributed by atoms with Gasteiger partial charge in [0, 0.05) is 19.2 Å². The molecule has 1 aliphatic heterocycles. The van der Waals surface area contributed by atoms with Gasteiger partial charge in [-0.15, -0.1) is 0 Å². The van der Waals surface area contributed by atoms with Crippen LogP contribution in [-0.2, 0) is 4.74 Å². The summed E-state index contributed by atoms with van der Waals surface area (Å²) in [6.45, 7) is 6.72. The van der Waals surface area contributed by atoms with Gasteiger partial charge in [0.15, 0.2) is 0 Å². The third-order valence-electron chi connectivity index (χ3n) is 3.44. The normalized spacial score (nSPS) is 20.9. The van der Waals surface area contributed by atoms with Gasteiger partial charge in [0.05, 0.1) is 6.10 Å². The maximum absolute atomic E-state index is 5.75. The lowest BCUT2D eigenvalue weighted by Crippen LogP contribution is -2.39. The molecule has 3 nitrogen and oxygen atoms in total. The Morgan fingerprint density at radius 1 is 1.44 bits per heavy atom. The molecular weight excluding hydrogens is 226 g/mol. The van der Waals surface area contributed by atoms with Gasteiger partial charge in [0.2, 0.25) is 0 Å². The van der Waals surface area contributed by atoms with Crippen LogP contribution >= 0.6 is 0 Å². The first-order valence-electron chi connectivity index (χ1n) is 6.81. The summed E-state index contributed by atoms with van der Waals surface area (Å²) in [4.78, 5) is 0. The monoisotopic (exact) mass is 249 g/mol. The smallest absolute Gasteiger partial charge is 0.122 e. The summed E-state index contributed by atoms with van der Waals surface area (Å²) < 4.78 is 11.4. The molecule has 18 heavy (non-hydrogen) atoms. The number of aryl methyl sites for hydroxylation is 1. The molecule has 2 unspecified atom stereocenters. The van der Waals surface area contributed by atoms with Crippen LogP contribution < -0.4 is 10.1 Å². The molecule has 0 bridgehead atoms. The molecule has 1 fully saturated rings. The van der Waals surface area contributed by atoms with E-state index in [1.54, 1.807) is 0 Å². The minimum absolute atomic E-state index is 0.378. The summed E-state index contributed by atoms with van der Waals surface area (Å²) in [5.41, 5.74) is 1.18. The topological polar surface area (TPSA) is 30.5 Å². The minimum Gasteiger partial charge on any atom is -0.492 e. The zero-order valence-electron chi connectivity index (χ0n) is 11.3. The van der Waals surface area contributed by atoms with E-state index >= 15 is 0 Å². The van der Waals surface area contributed by atoms with Gasteiger partial charge in [-0.05, 0) is 38.3 Å². The predicted molar refractivity (Wildman–Crippen MR) is 73.1 cm³/mol. The highest BCUT2D eigenvalue weighted by molar-refractivity contribution is 5.31. The van der Waals surface area contributed by atoms with Gasteiger partial charge in [-0.25, -0.2) is 0 Å². The zero-order chi connectivity index (χ0) is 12.8. The van der Waals surface area contributed by atoms with Gasteiger partial charge < -0.3 is 14.8 Å². The fraction of sp³-hybridized carbons (Fsp3) is 0.600. The summed E-state index contributed by atoms with van der Waals surface area (Å²) in [5.74, 6) is 0.976. The lowest BCUT2D eigenvalue weighted by molar-refractivity contribution is 0.0824. The van der Waals surface area contributed by atoms with Crippen LogP contribution in [0.3, 0.4) is 0 Å². The predicted octanol–water partition coefficient (Wildman–Crippen LogP) is 2.53. The third kappa shape index (κ3) is 3.72. The standard InChI is InChI=1S/C15H23NO2/c1-12-6-3-4-7-14(12)18-11-9-16-13(2)15-8-5-10-17-15/h3-4,6-7,13,15-16H,5,8-11H2,1-2H3. The van der Waals surface area contributed by atoms with E-state index in [2.05, 4.69) is 25.2 Å². The van der Waals surface area contributed by atoms with Crippen molar-refractivity contribution in [1.82, 2.24) is 5.32 Å². The molecule has 1 saturated heterocycles. The maximum atomic E-state index is 5.75. The molecular formula is C15H23NO2. The lowest BCUT2D eigenvalue weighted by Gasteiger charge is -2.20. The van der Waals surface area contributed by atoms with E-state index in [4.69, 9.17) is 9.47 Å². The number of para-hydroxylation sites is 1. The van der Waals surface area contributed by atoms with Gasteiger partial charge in [-0.3, -0.25) is 0 Å². The van der Waals surface area contributed by atoms with E-state index in [1.807, 2.05) is 18.2 Å². The van der Waals surface area contributed by atoms with Gasteiger partial charge in [0.1, 0.15) is 12.4 Å². The highest BCUT2D eigenvalue weighted by Crippen LogP contribution is 2.16. The molecule has 0 aliphatic carbocycles. The Bertz CT molecular complexity index is 361. The largest absolute Gasteiger partial charge is 0.492 e. The van der Waals surface area contributed by atoms with Crippen LogP contribution in [0.5, 0.6) is 5.75 Å². The van der Waals surface area contributed by atoms with Gasteiger partial charge in [0.25, 0.3) is 0 Å². The van der Waals surface area contributed by atoms with Crippen molar-refractivity contribution in [1.29, 1.82) is 0 Å². The fourth-order valence-corrected chi connectivity index (χ4v) is 2.29. The Balaban J connectivity index is 1.65. The van der Waals surface area contributed by atoms with Crippen molar-refractivity contribution < 1.29 is 9.47 Å². The highest BCUT2D eigenvalue weighted by atomic mass is 16.5. The first kappa shape index (κ1) is 13.4. The summed E-state index contributed by atoms with van der Waals surface area (Å²) in [5, 5.41) is 3.46. The molecule has 1 aliphatic rings. The molecule has 0 radical (unpaired) electrons. The number of rotatable bonds is 6. The molecule has 1 N–H and O–H groups in total. The fourth-order valence-electron chi connectivity index (χ4n) is 2.29. The second-order valence-electron chi connectivity index (χ2n) is 4.91. The second-order valence-corrected chi connectivity index (χ2v) is 4.91. The van der Waals surface area contributed by atoms with E-state index in [0.29, 0.717) is 18.8 Å². The SMILES string of the molecule is Cc1ccccc1OCCNC(C)C1CCCO1. The van der Waals surface area contributed by atoms with Gasteiger partial charge >= 0.3 is 0 Å². The third-order valence-corrected chi connectivity index (χ3v) is 3.44. The van der Waals surface area contributed by atoms with Crippen molar-refractivity contribution in [2.75, 3.05) is 19.8 Å². The van der Waals surface area contributed by atoms with Gasteiger partial charge in [-0.1, -0.05) is 18.2 Å². The number of nitrogens with one attached hydrogen (secondary N) is 1. The van der Waals surface area contributed by atoms with Crippen LogP contribution in [-0.4, -0.2) is 31.9 Å². The molecule has 2 rings (SSSR count). The summed E-state index contributed by atoms with van der Waals surface area (Å²) >= 11 is 0. The van der Waals surface area contributed by atoms with Crippen LogP contribution in [0.15, 0.2) is 24.3 Å². The Morgan fingerprint density at radius 3 is 3.00 bits per heavy atom. The lowest BCUT2D eigenvalue weighted by atomic mass is 10.1. The molecule has 2 atom stereocenters. The van der Waals surface area contributed by atoms with Crippen molar-refractivity contribution in [2.45, 2.75) is 38.8 Å². The number of benzene rings is 1. The maximum Gasteiger partial charge on any atom is 0.122 e. The van der Waals surface area contributed by atoms with Gasteiger partial charge in [-0.2, -0.15) is 0 Å². The van der Waals surface area contributed by atoms with E-state index in [9.17, 15) is 0 Å². The zero-order valence-corrected chi connectivity index (χ0v) is 11.3. The average Bonchev–Trinajstić information content (AvgIpc) is 2.90. The molecule has 0 spiro atoms. The van der Waals surface area contributed by atoms with Crippen LogP contribution in [0.2, 0.25) is 0 Å². The molecule has 1 aromatic rings. The number of ether oxygens (including phenoxy) is 2. The summed E-state index contributed by atoms with van der Waals surface area (Å²) in [6.07, 6.45) is 2.74. The number of hydrogen-bond donors (Lipinski definition) is 1. The Labute approximate surface area is 109 Å². The van der Waals surface area contributed by atoms with E-state index in [-0.39, 0.29) is 0 Å². The molecule has 3 heteroatoms. The van der Waals surface area contributed by atoms with Crippen LogP contribution in [0.1, 0.15) is 25.3 Å². The van der Waals surface area contributed by atoms with Crippen molar-refractivity contribution in [3.63, 3.8) is 0 Å². The van der Waals surface area contributed by atoms with E-state index in [1.165, 1.54) is 18.4 Å².